The maximum atomic E-state index is 2.84. The normalized spacial score (nSPS) is 49.9. The largest absolute Gasteiger partial charge is 0.0649 e. The van der Waals surface area contributed by atoms with Gasteiger partial charge in [0.1, 0.15) is 0 Å². The van der Waals surface area contributed by atoms with Gasteiger partial charge in [-0.2, -0.15) is 0 Å². The van der Waals surface area contributed by atoms with Crippen LogP contribution in [0.4, 0.5) is 0 Å². The minimum atomic E-state index is 0.512. The molecule has 8 aliphatic rings. The van der Waals surface area contributed by atoms with Gasteiger partial charge in [-0.05, 0) is 181 Å². The van der Waals surface area contributed by atoms with Crippen molar-refractivity contribution in [1.29, 1.82) is 0 Å². The lowest BCUT2D eigenvalue weighted by Gasteiger charge is -2.59. The summed E-state index contributed by atoms with van der Waals surface area (Å²) in [5, 5.41) is 0. The van der Waals surface area contributed by atoms with Crippen LogP contribution in [0.25, 0.3) is 0 Å². The van der Waals surface area contributed by atoms with Gasteiger partial charge < -0.3 is 0 Å². The Labute approximate surface area is 313 Å². The van der Waals surface area contributed by atoms with Gasteiger partial charge in [-0.15, -0.1) is 0 Å². The first-order valence-corrected chi connectivity index (χ1v) is 23.9. The molecule has 0 heteroatoms. The summed E-state index contributed by atoms with van der Waals surface area (Å²) in [7, 11) is 0. The highest BCUT2D eigenvalue weighted by atomic mass is 14.8. The quantitative estimate of drug-likeness (QED) is 0.250. The Kier molecular flexibility index (Phi) is 9.86. The molecule has 0 amide bonds. The lowest BCUT2D eigenvalue weighted by Crippen LogP contribution is -2.51. The molecule has 0 saturated heterocycles. The fraction of sp³-hybridized carbons (Fsp3) is 1.00. The van der Waals surface area contributed by atoms with Crippen molar-refractivity contribution in [1.82, 2.24) is 0 Å². The Morgan fingerprint density at radius 2 is 1.04 bits per heavy atom. The van der Waals surface area contributed by atoms with Gasteiger partial charge in [-0.3, -0.25) is 0 Å². The van der Waals surface area contributed by atoms with E-state index in [2.05, 4.69) is 69.2 Å². The third-order valence-corrected chi connectivity index (χ3v) is 22.0. The van der Waals surface area contributed by atoms with Crippen molar-refractivity contribution in [2.45, 2.75) is 198 Å². The first kappa shape index (κ1) is 36.9. The van der Waals surface area contributed by atoms with Gasteiger partial charge in [0.2, 0.25) is 0 Å². The fourth-order valence-corrected chi connectivity index (χ4v) is 18.6. The van der Waals surface area contributed by atoms with Crippen LogP contribution in [0, 0.1) is 116 Å². The second-order valence-corrected chi connectivity index (χ2v) is 23.2. The van der Waals surface area contributed by atoms with Crippen molar-refractivity contribution in [3.63, 3.8) is 0 Å². The molecule has 0 aromatic carbocycles. The molecule has 0 nitrogen and oxygen atoms in total. The van der Waals surface area contributed by atoms with E-state index in [1.807, 2.05) is 0 Å². The summed E-state index contributed by atoms with van der Waals surface area (Å²) < 4.78 is 0. The smallest absolute Gasteiger partial charge is 0.0229 e. The summed E-state index contributed by atoms with van der Waals surface area (Å²) in [5.41, 5.74) is 2.21. The van der Waals surface area contributed by atoms with E-state index in [0.29, 0.717) is 21.7 Å². The van der Waals surface area contributed by atoms with E-state index in [9.17, 15) is 0 Å². The molecule has 0 heterocycles. The summed E-state index contributed by atoms with van der Waals surface area (Å²) >= 11 is 0. The monoisotopic (exact) mass is 687 g/mol. The van der Waals surface area contributed by atoms with Crippen LogP contribution in [-0.2, 0) is 0 Å². The van der Waals surface area contributed by atoms with E-state index in [0.717, 1.165) is 94.7 Å². The molecule has 0 radical (unpaired) electrons. The molecule has 0 aliphatic heterocycles. The van der Waals surface area contributed by atoms with Crippen LogP contribution in [-0.4, -0.2) is 0 Å². The molecule has 8 aliphatic carbocycles. The highest BCUT2D eigenvalue weighted by Gasteiger charge is 2.73. The standard InChI is InChI=1S/C50H86/c1-11-48(9,12-2)34-27-35(49(10,13-3)14-4)30-50(29-34)41-24-23-40-45(39-25-32-19-15-16-20-33(32)26-42(39)47(40,7)8)46(41)44-37-22-18-17-21-36(37)38(31(5)6)28-43(44)50/h31-46H,11-30H2,1-10H3. The molecule has 0 N–H and O–H groups in total. The zero-order valence-corrected chi connectivity index (χ0v) is 35.4. The van der Waals surface area contributed by atoms with E-state index in [-0.39, 0.29) is 0 Å². The maximum absolute atomic E-state index is 2.84. The summed E-state index contributed by atoms with van der Waals surface area (Å²) in [4.78, 5) is 0. The van der Waals surface area contributed by atoms with Crippen molar-refractivity contribution in [2.75, 3.05) is 0 Å². The molecular formula is C50H86. The van der Waals surface area contributed by atoms with Crippen LogP contribution in [0.15, 0.2) is 0 Å². The average molecular weight is 687 g/mol. The van der Waals surface area contributed by atoms with Gasteiger partial charge >= 0.3 is 0 Å². The van der Waals surface area contributed by atoms with Crippen LogP contribution in [0.3, 0.4) is 0 Å². The lowest BCUT2D eigenvalue weighted by atomic mass is 9.45. The van der Waals surface area contributed by atoms with Crippen LogP contribution in [0.5, 0.6) is 0 Å². The molecule has 8 saturated carbocycles. The molecule has 15 atom stereocenters. The molecular weight excluding hydrogens is 601 g/mol. The van der Waals surface area contributed by atoms with Gasteiger partial charge in [-0.25, -0.2) is 0 Å². The first-order valence-electron chi connectivity index (χ1n) is 23.9. The Bertz CT molecular complexity index is 1150. The maximum Gasteiger partial charge on any atom is -0.0229 e. The zero-order chi connectivity index (χ0) is 35.4. The van der Waals surface area contributed by atoms with E-state index >= 15 is 0 Å². The molecule has 1 spiro atoms. The third-order valence-electron chi connectivity index (χ3n) is 22.0. The van der Waals surface area contributed by atoms with Gasteiger partial charge in [-0.1, -0.05) is 133 Å². The molecule has 8 fully saturated rings. The van der Waals surface area contributed by atoms with Crippen molar-refractivity contribution in [2.24, 2.45) is 116 Å². The summed E-state index contributed by atoms with van der Waals surface area (Å²) in [6.07, 6.45) is 30.9. The summed E-state index contributed by atoms with van der Waals surface area (Å²) in [6.45, 7) is 26.9. The summed E-state index contributed by atoms with van der Waals surface area (Å²) in [6, 6.07) is 0. The molecule has 0 aromatic rings. The molecule has 286 valence electrons. The van der Waals surface area contributed by atoms with Gasteiger partial charge in [0.15, 0.2) is 0 Å². The molecule has 50 heavy (non-hydrogen) atoms. The molecule has 0 bridgehead atoms. The van der Waals surface area contributed by atoms with Gasteiger partial charge in [0, 0.05) is 0 Å². The average Bonchev–Trinajstić information content (AvgIpc) is 3.53. The number of hydrogen-bond acceptors (Lipinski definition) is 0. The Hall–Kier alpha value is 0. The highest BCUT2D eigenvalue weighted by Crippen LogP contribution is 2.79. The van der Waals surface area contributed by atoms with E-state index in [1.54, 1.807) is 89.9 Å². The van der Waals surface area contributed by atoms with E-state index in [1.165, 1.54) is 38.5 Å². The molecule has 8 rings (SSSR count). The Balaban J connectivity index is 1.28. The fourth-order valence-electron chi connectivity index (χ4n) is 18.6. The van der Waals surface area contributed by atoms with Crippen molar-refractivity contribution in [3.8, 4) is 0 Å². The minimum absolute atomic E-state index is 0.512. The van der Waals surface area contributed by atoms with Crippen LogP contribution < -0.4 is 0 Å². The predicted octanol–water partition coefficient (Wildman–Crippen LogP) is 14.9. The number of rotatable bonds is 7. The third kappa shape index (κ3) is 5.33. The van der Waals surface area contributed by atoms with Crippen molar-refractivity contribution >= 4 is 0 Å². The highest BCUT2D eigenvalue weighted by molar-refractivity contribution is 5.21. The van der Waals surface area contributed by atoms with Gasteiger partial charge in [0.25, 0.3) is 0 Å². The number of fused-ring (bicyclic) bond motifs is 12. The van der Waals surface area contributed by atoms with E-state index in [4.69, 9.17) is 0 Å². The van der Waals surface area contributed by atoms with Crippen LogP contribution >= 0.6 is 0 Å². The first-order chi connectivity index (χ1) is 23.9. The SMILES string of the molecule is CCC(C)(CC)C1CC(C(C)(CC)CC)CC2(C1)C1CC(C(C)C)C3CCCCC3C1C1C3C4CC5CCCCC5CC4C(C)(C)C3CCC12. The predicted molar refractivity (Wildman–Crippen MR) is 215 cm³/mol. The van der Waals surface area contributed by atoms with Crippen molar-refractivity contribution < 1.29 is 0 Å². The molecule has 0 aromatic heterocycles. The van der Waals surface area contributed by atoms with Gasteiger partial charge in [0.05, 0.1) is 0 Å². The van der Waals surface area contributed by atoms with E-state index < -0.39 is 0 Å². The second-order valence-electron chi connectivity index (χ2n) is 23.2. The van der Waals surface area contributed by atoms with Crippen LogP contribution in [0.1, 0.15) is 198 Å². The zero-order valence-electron chi connectivity index (χ0n) is 35.4. The Morgan fingerprint density at radius 1 is 0.520 bits per heavy atom. The summed E-state index contributed by atoms with van der Waals surface area (Å²) in [5.74, 6) is 16.3. The molecule has 15 unspecified atom stereocenters. The second kappa shape index (κ2) is 13.3. The topological polar surface area (TPSA) is 0 Å². The Morgan fingerprint density at radius 3 is 1.62 bits per heavy atom. The number of hydrogen-bond donors (Lipinski definition) is 0. The van der Waals surface area contributed by atoms with Crippen LogP contribution in [0.2, 0.25) is 0 Å². The van der Waals surface area contributed by atoms with Crippen molar-refractivity contribution in [3.05, 3.63) is 0 Å². The lowest BCUT2D eigenvalue weighted by molar-refractivity contribution is -0.103. The minimum Gasteiger partial charge on any atom is -0.0649 e.